The molecule has 1 aliphatic heterocycles. The van der Waals surface area contributed by atoms with Crippen molar-refractivity contribution in [1.82, 2.24) is 9.78 Å². The number of H-pyrrole nitrogens is 1. The van der Waals surface area contributed by atoms with Crippen LogP contribution in [0.4, 0.5) is 5.69 Å². The fourth-order valence-electron chi connectivity index (χ4n) is 4.00. The van der Waals surface area contributed by atoms with Crippen LogP contribution in [0.15, 0.2) is 98.1 Å². The molecule has 0 saturated carbocycles. The summed E-state index contributed by atoms with van der Waals surface area (Å²) in [6.07, 6.45) is 6.61. The van der Waals surface area contributed by atoms with Crippen LogP contribution in [0.5, 0.6) is 5.88 Å². The first-order valence-electron chi connectivity index (χ1n) is 13.5. The van der Waals surface area contributed by atoms with Gasteiger partial charge in [-0.25, -0.2) is 26.3 Å². The van der Waals surface area contributed by atoms with Crippen LogP contribution < -0.4 is 118 Å². The number of anilines is 1. The summed E-state index contributed by atoms with van der Waals surface area (Å²) in [5.41, 5.74) is -1.12. The van der Waals surface area contributed by atoms with Crippen LogP contribution in [0, 0.1) is 0 Å². The summed E-state index contributed by atoms with van der Waals surface area (Å²) in [6.45, 7) is 3.07. The van der Waals surface area contributed by atoms with Crippen LogP contribution in [0.25, 0.3) is 11.8 Å². The van der Waals surface area contributed by atoms with Crippen molar-refractivity contribution >= 4 is 55.6 Å². The number of hydrogen-bond donors (Lipinski definition) is 1. The molecule has 0 atom stereocenters. The zero-order chi connectivity index (χ0) is 34.5. The molecule has 1 aromatic heterocycles. The second-order valence-electron chi connectivity index (χ2n) is 9.33. The summed E-state index contributed by atoms with van der Waals surface area (Å²) in [7, 11) is -9.46. The van der Waals surface area contributed by atoms with E-state index in [1.807, 2.05) is 0 Å². The van der Waals surface area contributed by atoms with E-state index in [1.165, 1.54) is 61.6 Å². The number of esters is 2. The molecule has 0 aliphatic carbocycles. The number of nitrogens with zero attached hydrogens (tertiary/aromatic N) is 3. The third kappa shape index (κ3) is 10.7. The first-order chi connectivity index (χ1) is 22.1. The molecule has 49 heavy (non-hydrogen) atoms. The average molecular weight is 763 g/mol. The minimum absolute atomic E-state index is 0. The third-order valence-corrected chi connectivity index (χ3v) is 7.94. The van der Waals surface area contributed by atoms with Gasteiger partial charge in [0, 0.05) is 6.42 Å². The largest absolute Gasteiger partial charge is 1.00 e. The molecule has 1 N–H and O–H groups in total. The zero-order valence-corrected chi connectivity index (χ0v) is 34.4. The van der Waals surface area contributed by atoms with Crippen LogP contribution >= 0.6 is 0 Å². The van der Waals surface area contributed by atoms with Crippen molar-refractivity contribution in [2.24, 2.45) is 5.10 Å². The molecule has 2 heterocycles. The van der Waals surface area contributed by atoms with Gasteiger partial charge in [-0.3, -0.25) is 19.5 Å². The van der Waals surface area contributed by atoms with E-state index >= 15 is 0 Å². The van der Waals surface area contributed by atoms with Crippen molar-refractivity contribution in [1.29, 1.82) is 0 Å². The SMILES string of the molecule is CCOC(=O)C1=NN(c2ccc(S(=O)(=O)[O-])cc2)C(=O)/C1=C\C=CC=Cc1c(OC(=O)CC)[nH]n(-c2ccc(S(=O)(=O)[O-])cc2)c1=O.[K+].[K+]. The normalized spacial score (nSPS) is 14.1. The minimum Gasteiger partial charge on any atom is -0.744 e. The maximum absolute atomic E-state index is 13.2. The van der Waals surface area contributed by atoms with Gasteiger partial charge in [-0.2, -0.15) is 10.1 Å². The van der Waals surface area contributed by atoms with E-state index in [0.717, 1.165) is 34.0 Å². The second-order valence-corrected chi connectivity index (χ2v) is 12.1. The van der Waals surface area contributed by atoms with Gasteiger partial charge in [0.1, 0.15) is 25.8 Å². The number of aromatic nitrogens is 2. The molecule has 246 valence electrons. The second kappa shape index (κ2) is 18.4. The van der Waals surface area contributed by atoms with Crippen molar-refractivity contribution in [3.8, 4) is 11.6 Å². The number of ether oxygens (including phenoxy) is 2. The molecule has 16 nitrogen and oxygen atoms in total. The monoisotopic (exact) mass is 762 g/mol. The predicted molar refractivity (Wildman–Crippen MR) is 162 cm³/mol. The molecule has 0 fully saturated rings. The summed E-state index contributed by atoms with van der Waals surface area (Å²) < 4.78 is 78.7. The number of aromatic amines is 1. The maximum Gasteiger partial charge on any atom is 1.00 e. The quantitative estimate of drug-likeness (QED) is 0.0643. The van der Waals surface area contributed by atoms with Gasteiger partial charge in [-0.15, -0.1) is 0 Å². The van der Waals surface area contributed by atoms with Crippen molar-refractivity contribution in [2.45, 2.75) is 30.1 Å². The van der Waals surface area contributed by atoms with Crippen LogP contribution in [0.2, 0.25) is 0 Å². The van der Waals surface area contributed by atoms with E-state index in [4.69, 9.17) is 9.47 Å². The first-order valence-corrected chi connectivity index (χ1v) is 16.3. The van der Waals surface area contributed by atoms with E-state index in [9.17, 15) is 45.1 Å². The molecule has 1 aliphatic rings. The number of hydrogen-bond acceptors (Lipinski definition) is 13. The Kier molecular flexibility index (Phi) is 16.1. The Morgan fingerprint density at radius 1 is 0.857 bits per heavy atom. The predicted octanol–water partition coefficient (Wildman–Crippen LogP) is -4.24. The van der Waals surface area contributed by atoms with Gasteiger partial charge in [-0.05, 0) is 67.6 Å². The molecular weight excluding hydrogens is 739 g/mol. The van der Waals surface area contributed by atoms with Gasteiger partial charge in [0.25, 0.3) is 11.5 Å². The fourth-order valence-corrected chi connectivity index (χ4v) is 4.94. The van der Waals surface area contributed by atoms with Gasteiger partial charge >= 0.3 is 115 Å². The standard InChI is InChI=1S/C29H26N4O12S2.2K/c1-3-24(34)45-26-23(28(36)33(31-26)19-12-16-21(17-13-19)47(41,42)43)9-7-5-6-8-22-25(29(37)44-4-2)30-32(27(22)35)18-10-14-20(15-11-18)46(38,39)40;;/h5-17,31H,3-4H2,1-2H3,(H,38,39,40)(H,41,42,43);;/q;2*+1/p-2/b6-5?,9-7?,22-8-;;. The summed E-state index contributed by atoms with van der Waals surface area (Å²) in [6, 6.07) is 8.76. The van der Waals surface area contributed by atoms with Crippen LogP contribution in [0.3, 0.4) is 0 Å². The van der Waals surface area contributed by atoms with E-state index in [0.29, 0.717) is 0 Å². The molecule has 4 rings (SSSR count). The number of benzene rings is 2. The zero-order valence-electron chi connectivity index (χ0n) is 26.5. The molecule has 0 saturated heterocycles. The van der Waals surface area contributed by atoms with Crippen LogP contribution in [-0.4, -0.2) is 65.9 Å². The Bertz CT molecular complexity index is 2130. The number of hydrazone groups is 1. The average Bonchev–Trinajstić information content (AvgIpc) is 3.51. The Morgan fingerprint density at radius 3 is 1.92 bits per heavy atom. The first kappa shape index (κ1) is 43.0. The fraction of sp³-hybridized carbons (Fsp3) is 0.138. The van der Waals surface area contributed by atoms with Crippen molar-refractivity contribution in [3.63, 3.8) is 0 Å². The molecule has 0 bridgehead atoms. The number of nitrogens with one attached hydrogen (secondary N) is 1. The topological polar surface area (TPSA) is 237 Å². The number of carbonyl (C=O) groups excluding carboxylic acids is 3. The van der Waals surface area contributed by atoms with E-state index in [1.54, 1.807) is 6.92 Å². The van der Waals surface area contributed by atoms with Gasteiger partial charge in [0.2, 0.25) is 5.88 Å². The Hall–Kier alpha value is -2.16. The van der Waals surface area contributed by atoms with Crippen molar-refractivity contribution in [3.05, 3.63) is 94.3 Å². The molecule has 0 unspecified atom stereocenters. The number of allylic oxidation sites excluding steroid dienone is 4. The number of amides is 1. The van der Waals surface area contributed by atoms with E-state index < -0.39 is 53.4 Å². The van der Waals surface area contributed by atoms with Gasteiger partial charge in [-0.1, -0.05) is 25.2 Å². The minimum atomic E-state index is -4.74. The summed E-state index contributed by atoms with van der Waals surface area (Å²) in [4.78, 5) is 49.9. The Labute approximate surface area is 365 Å². The number of rotatable bonds is 11. The van der Waals surface area contributed by atoms with Crippen LogP contribution in [0.1, 0.15) is 25.8 Å². The number of carbonyl (C=O) groups is 3. The van der Waals surface area contributed by atoms with Gasteiger partial charge in [0.05, 0.1) is 33.3 Å². The summed E-state index contributed by atoms with van der Waals surface area (Å²) in [5, 5.41) is 7.47. The van der Waals surface area contributed by atoms with Gasteiger partial charge < -0.3 is 18.6 Å². The van der Waals surface area contributed by atoms with Crippen molar-refractivity contribution in [2.75, 3.05) is 11.6 Å². The molecule has 2 aromatic carbocycles. The Morgan fingerprint density at radius 2 is 1.41 bits per heavy atom. The smallest absolute Gasteiger partial charge is 0.744 e. The van der Waals surface area contributed by atoms with Crippen molar-refractivity contribution < 1.29 is 153 Å². The van der Waals surface area contributed by atoms with E-state index in [-0.39, 0.29) is 150 Å². The maximum atomic E-state index is 13.2. The van der Waals surface area contributed by atoms with E-state index in [2.05, 4.69) is 10.2 Å². The Balaban J connectivity index is 0.00000417. The molecule has 1 amide bonds. The molecule has 3 aromatic rings. The molecule has 20 heteroatoms. The third-order valence-electron chi connectivity index (χ3n) is 6.24. The summed E-state index contributed by atoms with van der Waals surface area (Å²) >= 11 is 0. The van der Waals surface area contributed by atoms with Crippen LogP contribution in [-0.2, 0) is 39.4 Å². The summed E-state index contributed by atoms with van der Waals surface area (Å²) in [5.74, 6) is -2.56. The molecule has 0 spiro atoms. The van der Waals surface area contributed by atoms with Gasteiger partial charge in [0.15, 0.2) is 5.71 Å². The molecule has 0 radical (unpaired) electrons. The molecular formula is C29H24K2N4O12S2.